The van der Waals surface area contributed by atoms with Gasteiger partial charge in [0, 0.05) is 13.0 Å². The molecule has 0 aliphatic carbocycles. The van der Waals surface area contributed by atoms with E-state index >= 15 is 0 Å². The highest BCUT2D eigenvalue weighted by Crippen LogP contribution is 2.40. The van der Waals surface area contributed by atoms with Crippen LogP contribution >= 0.6 is 0 Å². The summed E-state index contributed by atoms with van der Waals surface area (Å²) in [7, 11) is 0. The van der Waals surface area contributed by atoms with E-state index in [9.17, 15) is 19.2 Å². The van der Waals surface area contributed by atoms with E-state index in [1.807, 2.05) is 18.2 Å². The molecule has 3 saturated heterocycles. The summed E-state index contributed by atoms with van der Waals surface area (Å²) >= 11 is 0. The molecule has 6 rings (SSSR count). The zero-order valence-corrected chi connectivity index (χ0v) is 20.9. The monoisotopic (exact) mass is 500 g/mol. The number of nitrogens with zero attached hydrogens (tertiary/aromatic N) is 2. The zero-order valence-electron chi connectivity index (χ0n) is 20.9. The van der Waals surface area contributed by atoms with E-state index in [0.717, 1.165) is 43.2 Å². The summed E-state index contributed by atoms with van der Waals surface area (Å²) in [6.45, 7) is 5.44. The van der Waals surface area contributed by atoms with Crippen molar-refractivity contribution in [2.24, 2.45) is 5.41 Å². The number of amides is 4. The minimum absolute atomic E-state index is 0.105. The predicted molar refractivity (Wildman–Crippen MR) is 138 cm³/mol. The number of fused-ring (bicyclic) bond motifs is 1. The number of rotatable bonds is 4. The molecule has 4 amide bonds. The van der Waals surface area contributed by atoms with Gasteiger partial charge in [-0.15, -0.1) is 0 Å². The second kappa shape index (κ2) is 9.50. The van der Waals surface area contributed by atoms with Gasteiger partial charge in [0.25, 0.3) is 11.8 Å². The first-order chi connectivity index (χ1) is 17.9. The molecule has 0 bridgehead atoms. The molecule has 1 unspecified atom stereocenters. The Morgan fingerprint density at radius 2 is 1.54 bits per heavy atom. The number of carbonyl (C=O) groups is 4. The van der Waals surface area contributed by atoms with Gasteiger partial charge in [-0.05, 0) is 86.5 Å². The average Bonchev–Trinajstić information content (AvgIpc) is 3.16. The highest BCUT2D eigenvalue weighted by Gasteiger charge is 2.45. The summed E-state index contributed by atoms with van der Waals surface area (Å²) in [6, 6.07) is 12.5. The van der Waals surface area contributed by atoms with Gasteiger partial charge in [-0.2, -0.15) is 0 Å². The molecule has 1 spiro atoms. The molecule has 4 heterocycles. The molecule has 2 aromatic carbocycles. The molecule has 3 fully saturated rings. The van der Waals surface area contributed by atoms with Gasteiger partial charge in [0.2, 0.25) is 11.8 Å². The second-order valence-electron chi connectivity index (χ2n) is 10.9. The van der Waals surface area contributed by atoms with Gasteiger partial charge in [-0.1, -0.05) is 36.4 Å². The first-order valence-corrected chi connectivity index (χ1v) is 13.3. The number of imide groups is 2. The van der Waals surface area contributed by atoms with Gasteiger partial charge in [0.15, 0.2) is 0 Å². The number of carbonyl (C=O) groups excluding carboxylic acids is 4. The maximum absolute atomic E-state index is 13.4. The Labute approximate surface area is 216 Å². The molecule has 192 valence electrons. The third kappa shape index (κ3) is 4.38. The summed E-state index contributed by atoms with van der Waals surface area (Å²) in [5.41, 5.74) is 3.93. The lowest BCUT2D eigenvalue weighted by atomic mass is 9.71. The third-order valence-electron chi connectivity index (χ3n) is 8.72. The van der Waals surface area contributed by atoms with Crippen LogP contribution in [0.25, 0.3) is 11.1 Å². The van der Waals surface area contributed by atoms with E-state index in [1.54, 1.807) is 12.1 Å². The molecule has 2 N–H and O–H groups in total. The largest absolute Gasteiger partial charge is 0.317 e. The SMILES string of the molecule is O=C1CCC(N2C(=O)c3cccc(-c4ccc(CN5CCC6(CCNCC6)CC5)cc4)c3C2=O)C(=O)N1. The van der Waals surface area contributed by atoms with Gasteiger partial charge < -0.3 is 5.32 Å². The Morgan fingerprint density at radius 1 is 0.838 bits per heavy atom. The number of nitrogens with one attached hydrogen (secondary N) is 2. The van der Waals surface area contributed by atoms with Crippen LogP contribution in [0.5, 0.6) is 0 Å². The van der Waals surface area contributed by atoms with Gasteiger partial charge >= 0.3 is 0 Å². The van der Waals surface area contributed by atoms with Crippen LogP contribution in [0, 0.1) is 5.41 Å². The molecular weight excluding hydrogens is 468 g/mol. The van der Waals surface area contributed by atoms with Crippen molar-refractivity contribution in [3.05, 3.63) is 59.2 Å². The Morgan fingerprint density at radius 3 is 2.24 bits per heavy atom. The van der Waals surface area contributed by atoms with E-state index in [1.165, 1.54) is 31.2 Å². The highest BCUT2D eigenvalue weighted by molar-refractivity contribution is 6.25. The lowest BCUT2D eigenvalue weighted by molar-refractivity contribution is -0.136. The number of hydrogen-bond acceptors (Lipinski definition) is 6. The van der Waals surface area contributed by atoms with Gasteiger partial charge in [-0.25, -0.2) is 0 Å². The van der Waals surface area contributed by atoms with Crippen LogP contribution in [0.4, 0.5) is 0 Å². The summed E-state index contributed by atoms with van der Waals surface area (Å²) < 4.78 is 0. The van der Waals surface area contributed by atoms with Gasteiger partial charge in [0.1, 0.15) is 6.04 Å². The van der Waals surface area contributed by atoms with Gasteiger partial charge in [0.05, 0.1) is 11.1 Å². The van der Waals surface area contributed by atoms with Crippen molar-refractivity contribution >= 4 is 23.6 Å². The summed E-state index contributed by atoms with van der Waals surface area (Å²) in [5.74, 6) is -1.94. The van der Waals surface area contributed by atoms with Crippen LogP contribution in [-0.4, -0.2) is 65.6 Å². The quantitative estimate of drug-likeness (QED) is 0.627. The maximum atomic E-state index is 13.4. The van der Waals surface area contributed by atoms with E-state index in [4.69, 9.17) is 0 Å². The fourth-order valence-corrected chi connectivity index (χ4v) is 6.45. The fraction of sp³-hybridized carbons (Fsp3) is 0.448. The van der Waals surface area contributed by atoms with E-state index in [0.29, 0.717) is 22.1 Å². The summed E-state index contributed by atoms with van der Waals surface area (Å²) in [5, 5.41) is 5.73. The van der Waals surface area contributed by atoms with Crippen molar-refractivity contribution in [1.82, 2.24) is 20.4 Å². The molecule has 8 heteroatoms. The fourth-order valence-electron chi connectivity index (χ4n) is 6.45. The molecule has 1 atom stereocenters. The van der Waals surface area contributed by atoms with Crippen molar-refractivity contribution < 1.29 is 19.2 Å². The number of likely N-dealkylation sites (tertiary alicyclic amines) is 1. The molecule has 2 aromatic rings. The van der Waals surface area contributed by atoms with Crippen LogP contribution in [0.2, 0.25) is 0 Å². The summed E-state index contributed by atoms with van der Waals surface area (Å²) in [6.07, 6.45) is 5.37. The number of benzene rings is 2. The normalized spacial score (nSPS) is 23.9. The molecule has 0 saturated carbocycles. The van der Waals surface area contributed by atoms with Crippen LogP contribution in [-0.2, 0) is 16.1 Å². The van der Waals surface area contributed by atoms with Crippen LogP contribution in [0.15, 0.2) is 42.5 Å². The molecule has 0 radical (unpaired) electrons. The van der Waals surface area contributed by atoms with Crippen molar-refractivity contribution in [2.45, 2.75) is 51.1 Å². The topological polar surface area (TPSA) is 98.8 Å². The first kappa shape index (κ1) is 24.0. The number of hydrogen-bond donors (Lipinski definition) is 2. The van der Waals surface area contributed by atoms with Crippen molar-refractivity contribution in [1.29, 1.82) is 0 Å². The Kier molecular flexibility index (Phi) is 6.16. The van der Waals surface area contributed by atoms with Crippen molar-refractivity contribution in [2.75, 3.05) is 26.2 Å². The van der Waals surface area contributed by atoms with Crippen molar-refractivity contribution in [3.8, 4) is 11.1 Å². The minimum Gasteiger partial charge on any atom is -0.317 e. The van der Waals surface area contributed by atoms with Crippen LogP contribution < -0.4 is 10.6 Å². The molecular formula is C29H32N4O4. The Balaban J connectivity index is 1.17. The molecule has 4 aliphatic heterocycles. The first-order valence-electron chi connectivity index (χ1n) is 13.3. The van der Waals surface area contributed by atoms with Gasteiger partial charge in [-0.3, -0.25) is 34.3 Å². The van der Waals surface area contributed by atoms with Crippen LogP contribution in [0.1, 0.15) is 64.8 Å². The van der Waals surface area contributed by atoms with E-state index in [-0.39, 0.29) is 18.7 Å². The average molecular weight is 501 g/mol. The molecule has 0 aromatic heterocycles. The van der Waals surface area contributed by atoms with Crippen LogP contribution in [0.3, 0.4) is 0 Å². The smallest absolute Gasteiger partial charge is 0.262 e. The molecule has 8 nitrogen and oxygen atoms in total. The molecule has 37 heavy (non-hydrogen) atoms. The standard InChI is InChI=1S/C29H32N4O4/c34-24-9-8-23(26(35)31-24)33-27(36)22-3-1-2-21(25(22)28(33)37)20-6-4-19(5-7-20)18-32-16-12-29(13-17-32)10-14-30-15-11-29/h1-7,23,30H,8-18H2,(H,31,34,35). The zero-order chi connectivity index (χ0) is 25.6. The highest BCUT2D eigenvalue weighted by atomic mass is 16.2. The van der Waals surface area contributed by atoms with Crippen molar-refractivity contribution in [3.63, 3.8) is 0 Å². The summed E-state index contributed by atoms with van der Waals surface area (Å²) in [4.78, 5) is 54.1. The predicted octanol–water partition coefficient (Wildman–Crippen LogP) is 2.72. The van der Waals surface area contributed by atoms with E-state index < -0.39 is 23.8 Å². The third-order valence-corrected chi connectivity index (χ3v) is 8.72. The lowest BCUT2D eigenvalue weighted by Crippen LogP contribution is -2.54. The Bertz CT molecular complexity index is 1260. The Hall–Kier alpha value is -3.36. The molecule has 4 aliphatic rings. The second-order valence-corrected chi connectivity index (χ2v) is 10.9. The maximum Gasteiger partial charge on any atom is 0.262 e. The lowest BCUT2D eigenvalue weighted by Gasteiger charge is -2.44. The van der Waals surface area contributed by atoms with E-state index in [2.05, 4.69) is 27.7 Å². The number of piperidine rings is 3. The minimum atomic E-state index is -0.964.